The summed E-state index contributed by atoms with van der Waals surface area (Å²) >= 11 is 5.44. The molecule has 0 saturated heterocycles. The summed E-state index contributed by atoms with van der Waals surface area (Å²) in [5.41, 5.74) is 4.08. The summed E-state index contributed by atoms with van der Waals surface area (Å²) in [5.74, 6) is 0. The number of benzene rings is 1. The number of halogens is 4. The van der Waals surface area contributed by atoms with Crippen LogP contribution in [0.5, 0.6) is 0 Å². The zero-order chi connectivity index (χ0) is 10.9. The molecule has 0 atom stereocenters. The largest absolute Gasteiger partial charge is 0.416 e. The van der Waals surface area contributed by atoms with E-state index in [0.717, 1.165) is 6.07 Å². The summed E-state index contributed by atoms with van der Waals surface area (Å²) in [4.78, 5) is 0. The second kappa shape index (κ2) is 3.67. The summed E-state index contributed by atoms with van der Waals surface area (Å²) in [7, 11) is 0. The van der Waals surface area contributed by atoms with Crippen LogP contribution in [0.25, 0.3) is 0 Å². The smallest absolute Gasteiger partial charge is 0.398 e. The van der Waals surface area contributed by atoms with Crippen molar-refractivity contribution in [2.75, 3.05) is 5.73 Å². The normalized spacial score (nSPS) is 11.8. The van der Waals surface area contributed by atoms with Crippen molar-refractivity contribution in [3.63, 3.8) is 0 Å². The van der Waals surface area contributed by atoms with Crippen LogP contribution in [-0.2, 0) is 12.8 Å². The number of nitrogens with two attached hydrogens (primary N) is 1. The molecular weight excluding hydrogens is 219 g/mol. The SMILES string of the molecule is Nc1cc(CO)c(C(F)(F)F)cc1Cl. The number of aliphatic hydroxyl groups excluding tert-OH is 1. The van der Waals surface area contributed by atoms with Crippen molar-refractivity contribution >= 4 is 17.3 Å². The second-order valence-electron chi connectivity index (χ2n) is 2.69. The highest BCUT2D eigenvalue weighted by atomic mass is 35.5. The standard InChI is InChI=1S/C8H7ClF3NO/c9-6-2-5(8(10,11)12)4(3-14)1-7(6)13/h1-2,14H,3,13H2. The first-order chi connectivity index (χ1) is 6.36. The molecule has 0 fully saturated rings. The third kappa shape index (κ3) is 2.10. The predicted octanol–water partition coefficient (Wildman–Crippen LogP) is 2.43. The zero-order valence-corrected chi connectivity index (χ0v) is 7.65. The molecule has 0 heterocycles. The first-order valence-corrected chi connectivity index (χ1v) is 4.00. The molecule has 14 heavy (non-hydrogen) atoms. The number of aliphatic hydroxyl groups is 1. The van der Waals surface area contributed by atoms with Gasteiger partial charge in [0, 0.05) is 0 Å². The van der Waals surface area contributed by atoms with Crippen LogP contribution in [0.1, 0.15) is 11.1 Å². The summed E-state index contributed by atoms with van der Waals surface area (Å²) in [5, 5.41) is 8.53. The minimum atomic E-state index is -4.53. The first-order valence-electron chi connectivity index (χ1n) is 3.62. The van der Waals surface area contributed by atoms with E-state index in [1.54, 1.807) is 0 Å². The van der Waals surface area contributed by atoms with Crippen LogP contribution in [0.15, 0.2) is 12.1 Å². The summed E-state index contributed by atoms with van der Waals surface area (Å²) in [6.45, 7) is -0.726. The van der Waals surface area contributed by atoms with Gasteiger partial charge in [0.15, 0.2) is 0 Å². The van der Waals surface area contributed by atoms with E-state index in [9.17, 15) is 13.2 Å². The average molecular weight is 226 g/mol. The third-order valence-corrected chi connectivity index (χ3v) is 2.03. The molecule has 0 unspecified atom stereocenters. The minimum Gasteiger partial charge on any atom is -0.398 e. The molecule has 0 aliphatic heterocycles. The van der Waals surface area contributed by atoms with Crippen molar-refractivity contribution in [3.05, 3.63) is 28.3 Å². The molecule has 2 nitrogen and oxygen atoms in total. The second-order valence-corrected chi connectivity index (χ2v) is 3.09. The number of alkyl halides is 3. The van der Waals surface area contributed by atoms with E-state index in [1.807, 2.05) is 0 Å². The van der Waals surface area contributed by atoms with Gasteiger partial charge in [-0.2, -0.15) is 13.2 Å². The van der Waals surface area contributed by atoms with Gasteiger partial charge in [0.05, 0.1) is 22.9 Å². The number of nitrogen functional groups attached to an aromatic ring is 1. The molecule has 0 saturated carbocycles. The first kappa shape index (κ1) is 11.1. The molecule has 0 aromatic heterocycles. The van der Waals surface area contributed by atoms with E-state index >= 15 is 0 Å². The Hall–Kier alpha value is -0.940. The molecule has 0 bridgehead atoms. The van der Waals surface area contributed by atoms with Crippen molar-refractivity contribution in [2.45, 2.75) is 12.8 Å². The Morgan fingerprint density at radius 2 is 1.93 bits per heavy atom. The van der Waals surface area contributed by atoms with Gasteiger partial charge in [-0.3, -0.25) is 0 Å². The highest BCUT2D eigenvalue weighted by Gasteiger charge is 2.33. The van der Waals surface area contributed by atoms with Gasteiger partial charge in [0.2, 0.25) is 0 Å². The highest BCUT2D eigenvalue weighted by molar-refractivity contribution is 6.33. The Morgan fingerprint density at radius 1 is 1.36 bits per heavy atom. The predicted molar refractivity (Wildman–Crippen MR) is 46.8 cm³/mol. The summed E-state index contributed by atoms with van der Waals surface area (Å²) in [6.07, 6.45) is -4.53. The fraction of sp³-hybridized carbons (Fsp3) is 0.250. The van der Waals surface area contributed by atoms with Crippen LogP contribution < -0.4 is 5.73 Å². The van der Waals surface area contributed by atoms with Gasteiger partial charge in [-0.25, -0.2) is 0 Å². The maximum atomic E-state index is 12.3. The zero-order valence-electron chi connectivity index (χ0n) is 6.90. The molecule has 1 aromatic rings. The Balaban J connectivity index is 3.35. The number of rotatable bonds is 1. The highest BCUT2D eigenvalue weighted by Crippen LogP contribution is 2.35. The van der Waals surface area contributed by atoms with Gasteiger partial charge in [0.25, 0.3) is 0 Å². The Labute approximate surface area is 83.1 Å². The van der Waals surface area contributed by atoms with Crippen molar-refractivity contribution in [2.24, 2.45) is 0 Å². The van der Waals surface area contributed by atoms with Gasteiger partial charge in [-0.1, -0.05) is 11.6 Å². The van der Waals surface area contributed by atoms with Crippen molar-refractivity contribution in [1.82, 2.24) is 0 Å². The molecule has 1 rings (SSSR count). The van der Waals surface area contributed by atoms with Gasteiger partial charge >= 0.3 is 6.18 Å². The molecule has 0 aliphatic carbocycles. The van der Waals surface area contributed by atoms with Gasteiger partial charge < -0.3 is 10.8 Å². The summed E-state index contributed by atoms with van der Waals surface area (Å²) < 4.78 is 37.0. The molecule has 0 spiro atoms. The minimum absolute atomic E-state index is 0.0173. The van der Waals surface area contributed by atoms with Gasteiger partial charge in [-0.05, 0) is 17.7 Å². The Bertz CT molecular complexity index is 351. The van der Waals surface area contributed by atoms with E-state index in [1.165, 1.54) is 0 Å². The number of anilines is 1. The maximum Gasteiger partial charge on any atom is 0.416 e. The maximum absolute atomic E-state index is 12.3. The van der Waals surface area contributed by atoms with E-state index in [-0.39, 0.29) is 16.3 Å². The van der Waals surface area contributed by atoms with Crippen LogP contribution >= 0.6 is 11.6 Å². The van der Waals surface area contributed by atoms with E-state index < -0.39 is 18.3 Å². The lowest BCUT2D eigenvalue weighted by Gasteiger charge is -2.12. The van der Waals surface area contributed by atoms with E-state index in [4.69, 9.17) is 22.4 Å². The van der Waals surface area contributed by atoms with Crippen molar-refractivity contribution in [3.8, 4) is 0 Å². The molecule has 6 heteroatoms. The number of hydrogen-bond donors (Lipinski definition) is 2. The lowest BCUT2D eigenvalue weighted by atomic mass is 10.1. The van der Waals surface area contributed by atoms with Crippen LogP contribution in [-0.4, -0.2) is 5.11 Å². The Kier molecular flexibility index (Phi) is 2.92. The van der Waals surface area contributed by atoms with Crippen molar-refractivity contribution < 1.29 is 18.3 Å². The fourth-order valence-electron chi connectivity index (χ4n) is 1.03. The lowest BCUT2D eigenvalue weighted by molar-refractivity contribution is -0.138. The molecular formula is C8H7ClF3NO. The molecule has 3 N–H and O–H groups in total. The molecule has 78 valence electrons. The fourth-order valence-corrected chi connectivity index (χ4v) is 1.20. The van der Waals surface area contributed by atoms with Gasteiger partial charge in [0.1, 0.15) is 0 Å². The molecule has 1 aromatic carbocycles. The Morgan fingerprint density at radius 3 is 2.36 bits per heavy atom. The van der Waals surface area contributed by atoms with E-state index in [0.29, 0.717) is 6.07 Å². The van der Waals surface area contributed by atoms with Crippen LogP contribution in [0, 0.1) is 0 Å². The average Bonchev–Trinajstić information content (AvgIpc) is 2.07. The monoisotopic (exact) mass is 225 g/mol. The van der Waals surface area contributed by atoms with Crippen LogP contribution in [0.3, 0.4) is 0 Å². The molecule has 0 radical (unpaired) electrons. The lowest BCUT2D eigenvalue weighted by Crippen LogP contribution is -2.10. The third-order valence-electron chi connectivity index (χ3n) is 1.70. The quantitative estimate of drug-likeness (QED) is 0.721. The summed E-state index contributed by atoms with van der Waals surface area (Å²) in [6, 6.07) is 1.73. The van der Waals surface area contributed by atoms with Crippen LogP contribution in [0.4, 0.5) is 18.9 Å². The van der Waals surface area contributed by atoms with E-state index in [2.05, 4.69) is 0 Å². The van der Waals surface area contributed by atoms with Gasteiger partial charge in [-0.15, -0.1) is 0 Å². The van der Waals surface area contributed by atoms with Crippen molar-refractivity contribution in [1.29, 1.82) is 0 Å². The molecule has 0 amide bonds. The topological polar surface area (TPSA) is 46.2 Å². The van der Waals surface area contributed by atoms with Crippen LogP contribution in [0.2, 0.25) is 5.02 Å². The molecule has 0 aliphatic rings. The number of hydrogen-bond acceptors (Lipinski definition) is 2.